The van der Waals surface area contributed by atoms with Crippen LogP contribution in [0.1, 0.15) is 40.5 Å². The van der Waals surface area contributed by atoms with Crippen LogP contribution in [-0.4, -0.2) is 25.3 Å². The molecule has 2 heteroatoms. The van der Waals surface area contributed by atoms with Crippen LogP contribution in [0.25, 0.3) is 0 Å². The first-order valence-electron chi connectivity index (χ1n) is 5.19. The Kier molecular flexibility index (Phi) is 7.51. The van der Waals surface area contributed by atoms with E-state index in [1.54, 1.807) is 0 Å². The molecule has 0 bridgehead atoms. The van der Waals surface area contributed by atoms with Crippen molar-refractivity contribution >= 4 is 0 Å². The van der Waals surface area contributed by atoms with Gasteiger partial charge in [0, 0.05) is 13.1 Å². The molecule has 0 aromatic rings. The zero-order valence-electron chi connectivity index (χ0n) is 8.89. The molecule has 2 unspecified atom stereocenters. The fourth-order valence-electron chi connectivity index (χ4n) is 1.36. The van der Waals surface area contributed by atoms with E-state index in [4.69, 9.17) is 4.74 Å². The summed E-state index contributed by atoms with van der Waals surface area (Å²) in [6.07, 6.45) is 3.29. The molecule has 1 aliphatic heterocycles. The van der Waals surface area contributed by atoms with E-state index in [1.165, 1.54) is 12.8 Å². The third-order valence-corrected chi connectivity index (χ3v) is 1.84. The number of hydrogen-bond donors (Lipinski definition) is 1. The molecule has 12 heavy (non-hydrogen) atoms. The molecule has 0 aliphatic carbocycles. The van der Waals surface area contributed by atoms with Crippen molar-refractivity contribution in [1.82, 2.24) is 5.32 Å². The van der Waals surface area contributed by atoms with E-state index in [9.17, 15) is 0 Å². The normalized spacial score (nSPS) is 29.0. The SMILES string of the molecule is CC.CCCC1CNCC(C)O1. The first-order valence-corrected chi connectivity index (χ1v) is 5.19. The van der Waals surface area contributed by atoms with Gasteiger partial charge in [-0.2, -0.15) is 0 Å². The number of ether oxygens (including phenoxy) is 1. The van der Waals surface area contributed by atoms with Gasteiger partial charge in [-0.1, -0.05) is 27.2 Å². The first-order chi connectivity index (χ1) is 5.83. The Morgan fingerprint density at radius 3 is 2.50 bits per heavy atom. The van der Waals surface area contributed by atoms with Crippen LogP contribution in [0.2, 0.25) is 0 Å². The molecule has 1 N–H and O–H groups in total. The van der Waals surface area contributed by atoms with Gasteiger partial charge in [-0.05, 0) is 13.3 Å². The lowest BCUT2D eigenvalue weighted by molar-refractivity contribution is -0.0309. The van der Waals surface area contributed by atoms with E-state index < -0.39 is 0 Å². The van der Waals surface area contributed by atoms with Gasteiger partial charge >= 0.3 is 0 Å². The van der Waals surface area contributed by atoms with Gasteiger partial charge in [0.25, 0.3) is 0 Å². The first kappa shape index (κ1) is 11.9. The highest BCUT2D eigenvalue weighted by atomic mass is 16.5. The number of hydrogen-bond acceptors (Lipinski definition) is 2. The third-order valence-electron chi connectivity index (χ3n) is 1.84. The van der Waals surface area contributed by atoms with Crippen molar-refractivity contribution in [2.24, 2.45) is 0 Å². The summed E-state index contributed by atoms with van der Waals surface area (Å²) in [6.45, 7) is 10.4. The Hall–Kier alpha value is -0.0800. The van der Waals surface area contributed by atoms with Gasteiger partial charge in [-0.25, -0.2) is 0 Å². The lowest BCUT2D eigenvalue weighted by Crippen LogP contribution is -2.43. The quantitative estimate of drug-likeness (QED) is 0.691. The highest BCUT2D eigenvalue weighted by Gasteiger charge is 2.16. The van der Waals surface area contributed by atoms with Crippen molar-refractivity contribution in [2.75, 3.05) is 13.1 Å². The molecule has 74 valence electrons. The van der Waals surface area contributed by atoms with Crippen LogP contribution >= 0.6 is 0 Å². The fraction of sp³-hybridized carbons (Fsp3) is 1.00. The van der Waals surface area contributed by atoms with Gasteiger partial charge in [0.05, 0.1) is 12.2 Å². The number of rotatable bonds is 2. The van der Waals surface area contributed by atoms with Crippen LogP contribution in [0, 0.1) is 0 Å². The zero-order chi connectivity index (χ0) is 9.40. The van der Waals surface area contributed by atoms with E-state index in [-0.39, 0.29) is 0 Å². The Labute approximate surface area is 76.7 Å². The van der Waals surface area contributed by atoms with Gasteiger partial charge in [0.2, 0.25) is 0 Å². The third kappa shape index (κ3) is 4.73. The molecular weight excluding hydrogens is 150 g/mol. The Bertz CT molecular complexity index is 93.8. The number of nitrogens with one attached hydrogen (secondary N) is 1. The summed E-state index contributed by atoms with van der Waals surface area (Å²) in [5, 5.41) is 3.34. The fourth-order valence-corrected chi connectivity index (χ4v) is 1.36. The van der Waals surface area contributed by atoms with Crippen LogP contribution in [-0.2, 0) is 4.74 Å². The minimum Gasteiger partial charge on any atom is -0.373 e. The second kappa shape index (κ2) is 7.56. The van der Waals surface area contributed by atoms with Gasteiger partial charge in [-0.15, -0.1) is 0 Å². The van der Waals surface area contributed by atoms with Crippen LogP contribution in [0.4, 0.5) is 0 Å². The minimum absolute atomic E-state index is 0.408. The maximum atomic E-state index is 5.66. The van der Waals surface area contributed by atoms with Crippen molar-refractivity contribution in [2.45, 2.75) is 52.7 Å². The Morgan fingerprint density at radius 2 is 2.00 bits per heavy atom. The molecule has 0 amide bonds. The van der Waals surface area contributed by atoms with Crippen molar-refractivity contribution in [1.29, 1.82) is 0 Å². The van der Waals surface area contributed by atoms with Crippen molar-refractivity contribution < 1.29 is 4.74 Å². The molecule has 2 nitrogen and oxygen atoms in total. The highest BCUT2D eigenvalue weighted by Crippen LogP contribution is 2.07. The predicted octanol–water partition coefficient (Wildman–Crippen LogP) is 2.19. The zero-order valence-corrected chi connectivity index (χ0v) is 8.89. The molecule has 1 saturated heterocycles. The lowest BCUT2D eigenvalue weighted by atomic mass is 10.2. The summed E-state index contributed by atoms with van der Waals surface area (Å²) >= 11 is 0. The molecule has 1 heterocycles. The summed E-state index contributed by atoms with van der Waals surface area (Å²) in [6, 6.07) is 0. The predicted molar refractivity (Wildman–Crippen MR) is 53.5 cm³/mol. The molecule has 1 aliphatic rings. The van der Waals surface area contributed by atoms with E-state index >= 15 is 0 Å². The van der Waals surface area contributed by atoms with Crippen molar-refractivity contribution in [3.05, 3.63) is 0 Å². The summed E-state index contributed by atoms with van der Waals surface area (Å²) in [5.74, 6) is 0. The van der Waals surface area contributed by atoms with E-state index in [0.29, 0.717) is 12.2 Å². The molecule has 1 rings (SSSR count). The smallest absolute Gasteiger partial charge is 0.0703 e. The topological polar surface area (TPSA) is 21.3 Å². The molecular formula is C10H23NO. The number of morpholine rings is 1. The second-order valence-electron chi connectivity index (χ2n) is 3.02. The van der Waals surface area contributed by atoms with Crippen LogP contribution in [0.5, 0.6) is 0 Å². The van der Waals surface area contributed by atoms with Gasteiger partial charge in [-0.3, -0.25) is 0 Å². The molecule has 2 atom stereocenters. The molecule has 0 aromatic heterocycles. The van der Waals surface area contributed by atoms with Gasteiger partial charge < -0.3 is 10.1 Å². The van der Waals surface area contributed by atoms with E-state index in [2.05, 4.69) is 19.2 Å². The van der Waals surface area contributed by atoms with Crippen LogP contribution in [0.3, 0.4) is 0 Å². The lowest BCUT2D eigenvalue weighted by Gasteiger charge is -2.28. The average molecular weight is 173 g/mol. The minimum atomic E-state index is 0.408. The summed E-state index contributed by atoms with van der Waals surface area (Å²) in [4.78, 5) is 0. The monoisotopic (exact) mass is 173 g/mol. The van der Waals surface area contributed by atoms with Gasteiger partial charge in [0.1, 0.15) is 0 Å². The standard InChI is InChI=1S/C8H17NO.C2H6/c1-3-4-8-6-9-5-7(2)10-8;1-2/h7-9H,3-6H2,1-2H3;1-2H3. The van der Waals surface area contributed by atoms with Crippen LogP contribution in [0.15, 0.2) is 0 Å². The van der Waals surface area contributed by atoms with Crippen molar-refractivity contribution in [3.63, 3.8) is 0 Å². The van der Waals surface area contributed by atoms with Gasteiger partial charge in [0.15, 0.2) is 0 Å². The summed E-state index contributed by atoms with van der Waals surface area (Å²) in [7, 11) is 0. The molecule has 0 saturated carbocycles. The van der Waals surface area contributed by atoms with Crippen LogP contribution < -0.4 is 5.32 Å². The second-order valence-corrected chi connectivity index (χ2v) is 3.02. The van der Waals surface area contributed by atoms with Crippen molar-refractivity contribution in [3.8, 4) is 0 Å². The molecule has 0 radical (unpaired) electrons. The Balaban J connectivity index is 0.000000561. The highest BCUT2D eigenvalue weighted by molar-refractivity contribution is 4.70. The largest absolute Gasteiger partial charge is 0.373 e. The van der Waals surface area contributed by atoms with E-state index in [0.717, 1.165) is 13.1 Å². The average Bonchev–Trinajstić information content (AvgIpc) is 2.09. The van der Waals surface area contributed by atoms with E-state index in [1.807, 2.05) is 13.8 Å². The maximum absolute atomic E-state index is 5.66. The maximum Gasteiger partial charge on any atom is 0.0703 e. The summed E-state index contributed by atoms with van der Waals surface area (Å²) < 4.78 is 5.66. The molecule has 1 fully saturated rings. The summed E-state index contributed by atoms with van der Waals surface area (Å²) in [5.41, 5.74) is 0. The Morgan fingerprint density at radius 1 is 1.33 bits per heavy atom. The molecule has 0 aromatic carbocycles. The molecule has 0 spiro atoms.